The molecule has 6 heteroatoms. The Morgan fingerprint density at radius 1 is 1.27 bits per heavy atom. The number of ether oxygens (including phenoxy) is 1. The van der Waals surface area contributed by atoms with E-state index in [1.165, 1.54) is 0 Å². The Hall–Kier alpha value is -2.40. The van der Waals surface area contributed by atoms with Gasteiger partial charge in [-0.15, -0.1) is 0 Å². The van der Waals surface area contributed by atoms with Crippen molar-refractivity contribution in [2.24, 2.45) is 10.7 Å². The number of aliphatic imine (C=N–C) groups is 1. The van der Waals surface area contributed by atoms with Gasteiger partial charge in [-0.3, -0.25) is 4.99 Å². The number of hydrogen-bond donors (Lipinski definition) is 3. The average Bonchev–Trinajstić information content (AvgIpc) is 2.49. The van der Waals surface area contributed by atoms with E-state index < -0.39 is 0 Å². The van der Waals surface area contributed by atoms with Crippen LogP contribution in [0, 0.1) is 0 Å². The number of hydrogen-bond acceptors (Lipinski definition) is 3. The summed E-state index contributed by atoms with van der Waals surface area (Å²) in [5, 5.41) is 12.7. The van der Waals surface area contributed by atoms with Crippen molar-refractivity contribution in [2.45, 2.75) is 6.42 Å². The van der Waals surface area contributed by atoms with Crippen LogP contribution in [0.4, 0.5) is 5.69 Å². The van der Waals surface area contributed by atoms with Crippen molar-refractivity contribution >= 4 is 23.2 Å². The van der Waals surface area contributed by atoms with Crippen LogP contribution in [0.15, 0.2) is 47.5 Å². The summed E-state index contributed by atoms with van der Waals surface area (Å²) in [7, 11) is 1.56. The topological polar surface area (TPSA) is 79.9 Å². The third-order valence-electron chi connectivity index (χ3n) is 3.04. The molecule has 0 bridgehead atoms. The summed E-state index contributed by atoms with van der Waals surface area (Å²) in [6.07, 6.45) is 0.742. The van der Waals surface area contributed by atoms with Crippen molar-refractivity contribution in [3.63, 3.8) is 0 Å². The fourth-order valence-corrected chi connectivity index (χ4v) is 2.16. The van der Waals surface area contributed by atoms with Crippen molar-refractivity contribution in [1.82, 2.24) is 0 Å². The van der Waals surface area contributed by atoms with Crippen LogP contribution in [0.5, 0.6) is 11.5 Å². The number of rotatable bonds is 5. The van der Waals surface area contributed by atoms with E-state index in [2.05, 4.69) is 10.3 Å². The summed E-state index contributed by atoms with van der Waals surface area (Å²) in [6, 6.07) is 12.3. The van der Waals surface area contributed by atoms with Crippen LogP contribution in [0.2, 0.25) is 5.02 Å². The number of guanidine groups is 1. The number of phenolic OH excluding ortho intramolecular Hbond substituents is 1. The van der Waals surface area contributed by atoms with E-state index in [1.54, 1.807) is 31.4 Å². The highest BCUT2D eigenvalue weighted by atomic mass is 35.5. The second-order valence-electron chi connectivity index (χ2n) is 4.66. The van der Waals surface area contributed by atoms with Gasteiger partial charge in [0.25, 0.3) is 0 Å². The Balaban J connectivity index is 1.89. The molecule has 22 heavy (non-hydrogen) atoms. The predicted molar refractivity (Wildman–Crippen MR) is 89.9 cm³/mol. The van der Waals surface area contributed by atoms with Gasteiger partial charge in [0.1, 0.15) is 11.5 Å². The molecular formula is C16H18ClN3O2. The summed E-state index contributed by atoms with van der Waals surface area (Å²) < 4.78 is 5.09. The van der Waals surface area contributed by atoms with Gasteiger partial charge in [-0.1, -0.05) is 23.7 Å². The molecule has 0 saturated heterocycles. The van der Waals surface area contributed by atoms with Gasteiger partial charge in [-0.25, -0.2) is 0 Å². The quantitative estimate of drug-likeness (QED) is 0.584. The van der Waals surface area contributed by atoms with Gasteiger partial charge < -0.3 is 20.9 Å². The Bertz CT molecular complexity index is 657. The number of aromatic hydroxyl groups is 1. The third kappa shape index (κ3) is 4.56. The lowest BCUT2D eigenvalue weighted by molar-refractivity contribution is 0.415. The first kappa shape index (κ1) is 16.0. The van der Waals surface area contributed by atoms with Crippen LogP contribution in [0.1, 0.15) is 5.56 Å². The predicted octanol–water partition coefficient (Wildman–Crippen LogP) is 3.02. The molecule has 0 unspecified atom stereocenters. The zero-order chi connectivity index (χ0) is 15.9. The monoisotopic (exact) mass is 319 g/mol. The van der Waals surface area contributed by atoms with Gasteiger partial charge in [0, 0.05) is 12.2 Å². The molecule has 0 saturated carbocycles. The van der Waals surface area contributed by atoms with Crippen LogP contribution in [0.3, 0.4) is 0 Å². The minimum absolute atomic E-state index is 0.254. The van der Waals surface area contributed by atoms with Crippen LogP contribution in [-0.4, -0.2) is 24.7 Å². The van der Waals surface area contributed by atoms with Crippen LogP contribution < -0.4 is 15.8 Å². The number of anilines is 1. The lowest BCUT2D eigenvalue weighted by Crippen LogP contribution is -2.23. The molecular weight excluding hydrogens is 302 g/mol. The Labute approximate surface area is 134 Å². The van der Waals surface area contributed by atoms with Crippen LogP contribution >= 0.6 is 11.6 Å². The van der Waals surface area contributed by atoms with Gasteiger partial charge in [0.2, 0.25) is 0 Å². The number of methoxy groups -OCH3 is 1. The third-order valence-corrected chi connectivity index (χ3v) is 3.34. The van der Waals surface area contributed by atoms with Crippen molar-refractivity contribution in [2.75, 3.05) is 19.0 Å². The molecule has 2 aromatic carbocycles. The van der Waals surface area contributed by atoms with Gasteiger partial charge in [-0.2, -0.15) is 0 Å². The van der Waals surface area contributed by atoms with E-state index >= 15 is 0 Å². The number of halogens is 1. The molecule has 0 radical (unpaired) electrons. The SMILES string of the molecule is COc1ccc(NC(N)=NCCc2ccc(O)cc2)cc1Cl. The molecule has 2 rings (SSSR count). The normalized spacial score (nSPS) is 11.3. The Morgan fingerprint density at radius 2 is 2.00 bits per heavy atom. The maximum Gasteiger partial charge on any atom is 0.193 e. The van der Waals surface area contributed by atoms with Gasteiger partial charge in [0.15, 0.2) is 5.96 Å². The molecule has 2 aromatic rings. The van der Waals surface area contributed by atoms with Crippen molar-refractivity contribution < 1.29 is 9.84 Å². The van der Waals surface area contributed by atoms with Crippen molar-refractivity contribution in [3.8, 4) is 11.5 Å². The number of benzene rings is 2. The first-order chi connectivity index (χ1) is 10.6. The Morgan fingerprint density at radius 3 is 2.64 bits per heavy atom. The Kier molecular flexibility index (Phi) is 5.49. The minimum atomic E-state index is 0.254. The highest BCUT2D eigenvalue weighted by Gasteiger charge is 2.02. The molecule has 116 valence electrons. The molecule has 0 aromatic heterocycles. The summed E-state index contributed by atoms with van der Waals surface area (Å²) in [5.74, 6) is 1.18. The lowest BCUT2D eigenvalue weighted by atomic mass is 10.1. The summed E-state index contributed by atoms with van der Waals surface area (Å²) in [6.45, 7) is 0.549. The molecule has 0 fully saturated rings. The first-order valence-corrected chi connectivity index (χ1v) is 7.14. The lowest BCUT2D eigenvalue weighted by Gasteiger charge is -2.08. The zero-order valence-electron chi connectivity index (χ0n) is 12.2. The molecule has 0 atom stereocenters. The first-order valence-electron chi connectivity index (χ1n) is 6.77. The number of nitrogens with two attached hydrogens (primary N) is 1. The minimum Gasteiger partial charge on any atom is -0.508 e. The summed E-state index contributed by atoms with van der Waals surface area (Å²) >= 11 is 6.04. The van der Waals surface area contributed by atoms with E-state index in [0.29, 0.717) is 23.3 Å². The van der Waals surface area contributed by atoms with E-state index in [0.717, 1.165) is 17.7 Å². The van der Waals surface area contributed by atoms with E-state index in [1.807, 2.05) is 18.2 Å². The molecule has 5 nitrogen and oxygen atoms in total. The molecule has 0 amide bonds. The maximum absolute atomic E-state index is 9.22. The van der Waals surface area contributed by atoms with Crippen LogP contribution in [0.25, 0.3) is 0 Å². The summed E-state index contributed by atoms with van der Waals surface area (Å²) in [4.78, 5) is 4.26. The van der Waals surface area contributed by atoms with Gasteiger partial charge in [0.05, 0.1) is 12.1 Å². The smallest absolute Gasteiger partial charge is 0.193 e. The highest BCUT2D eigenvalue weighted by molar-refractivity contribution is 6.32. The fraction of sp³-hybridized carbons (Fsp3) is 0.188. The maximum atomic E-state index is 9.22. The molecule has 4 N–H and O–H groups in total. The van der Waals surface area contributed by atoms with Crippen molar-refractivity contribution in [1.29, 1.82) is 0 Å². The number of nitrogens with zero attached hydrogens (tertiary/aromatic N) is 1. The molecule has 0 heterocycles. The largest absolute Gasteiger partial charge is 0.508 e. The van der Waals surface area contributed by atoms with Gasteiger partial charge in [-0.05, 0) is 42.3 Å². The van der Waals surface area contributed by atoms with E-state index in [9.17, 15) is 5.11 Å². The second kappa shape index (κ2) is 7.56. The average molecular weight is 320 g/mol. The highest BCUT2D eigenvalue weighted by Crippen LogP contribution is 2.26. The van der Waals surface area contributed by atoms with Crippen molar-refractivity contribution in [3.05, 3.63) is 53.1 Å². The standard InChI is InChI=1S/C16H18ClN3O2/c1-22-15-7-4-12(10-14(15)17)20-16(18)19-9-8-11-2-5-13(21)6-3-11/h2-7,10,21H,8-9H2,1H3,(H3,18,19,20). The molecule has 0 aliphatic heterocycles. The zero-order valence-corrected chi connectivity index (χ0v) is 13.0. The summed E-state index contributed by atoms with van der Waals surface area (Å²) in [5.41, 5.74) is 7.67. The number of phenols is 1. The fourth-order valence-electron chi connectivity index (χ4n) is 1.90. The van der Waals surface area contributed by atoms with E-state index in [4.69, 9.17) is 22.1 Å². The molecule has 0 spiro atoms. The molecule has 0 aliphatic carbocycles. The van der Waals surface area contributed by atoms with Gasteiger partial charge >= 0.3 is 0 Å². The molecule has 0 aliphatic rings. The second-order valence-corrected chi connectivity index (χ2v) is 5.06. The number of nitrogens with one attached hydrogen (secondary N) is 1. The van der Waals surface area contributed by atoms with E-state index in [-0.39, 0.29) is 5.75 Å². The van der Waals surface area contributed by atoms with Crippen LogP contribution in [-0.2, 0) is 6.42 Å².